The summed E-state index contributed by atoms with van der Waals surface area (Å²) in [5, 5.41) is 0. The van der Waals surface area contributed by atoms with Crippen molar-refractivity contribution < 1.29 is 14.4 Å². The van der Waals surface area contributed by atoms with E-state index in [1.165, 1.54) is 0 Å². The maximum Gasteiger partial charge on any atom is 0.373 e. The first kappa shape index (κ1) is 10.1. The van der Waals surface area contributed by atoms with Gasteiger partial charge in [-0.15, -0.1) is 0 Å². The van der Waals surface area contributed by atoms with Gasteiger partial charge in [-0.25, -0.2) is 0 Å². The molecule has 46 valence electrons. The predicted molar refractivity (Wildman–Crippen MR) is 26.0 cm³/mol. The van der Waals surface area contributed by atoms with Gasteiger partial charge in [-0.1, -0.05) is 6.92 Å². The van der Waals surface area contributed by atoms with E-state index in [-0.39, 0.29) is 6.15 Å². The molecule has 0 fully saturated rings. The van der Waals surface area contributed by atoms with Crippen LogP contribution >= 0.6 is 0 Å². The smallest absolute Gasteiger partial charge is 0.303 e. The molecule has 0 saturated carbocycles. The number of carbonyl (C=O) groups excluding carboxylic acids is 3. The van der Waals surface area contributed by atoms with Gasteiger partial charge in [0.2, 0.25) is 0 Å². The molecule has 0 rings (SSSR count). The number of hydrogen-bond donors (Lipinski definition) is 0. The highest BCUT2D eigenvalue weighted by Crippen LogP contribution is 1.74. The molecular formula is C5H8O3. The van der Waals surface area contributed by atoms with Gasteiger partial charge >= 0.3 is 6.15 Å². The van der Waals surface area contributed by atoms with Gasteiger partial charge in [0.25, 0.3) is 0 Å². The van der Waals surface area contributed by atoms with Crippen LogP contribution in [0.2, 0.25) is 0 Å². The summed E-state index contributed by atoms with van der Waals surface area (Å²) in [6.07, 6.45) is 2.86. The van der Waals surface area contributed by atoms with Crippen LogP contribution < -0.4 is 0 Å². The van der Waals surface area contributed by atoms with E-state index in [0.717, 1.165) is 12.7 Å². The summed E-state index contributed by atoms with van der Waals surface area (Å²) in [5.41, 5.74) is 0. The summed E-state index contributed by atoms with van der Waals surface area (Å²) in [6, 6.07) is 0. The summed E-state index contributed by atoms with van der Waals surface area (Å²) in [5.74, 6) is 0. The maximum atomic E-state index is 9.40. The van der Waals surface area contributed by atoms with E-state index >= 15 is 0 Å². The highest BCUT2D eigenvalue weighted by Gasteiger charge is 1.66. The van der Waals surface area contributed by atoms with E-state index in [9.17, 15) is 4.79 Å². The fourth-order valence-electron chi connectivity index (χ4n) is 0.118. The molecule has 0 aliphatic heterocycles. The van der Waals surface area contributed by atoms with Crippen LogP contribution in [-0.4, -0.2) is 12.4 Å². The molecule has 0 aromatic heterocycles. The second-order valence-electron chi connectivity index (χ2n) is 1.04. The fourth-order valence-corrected chi connectivity index (χ4v) is 0.118. The molecule has 3 heteroatoms. The average Bonchev–Trinajstić information content (AvgIpc) is 1.71. The normalized spacial score (nSPS) is 5.62. The lowest BCUT2D eigenvalue weighted by molar-refractivity contribution is -0.191. The van der Waals surface area contributed by atoms with Gasteiger partial charge in [0.1, 0.15) is 6.29 Å². The second-order valence-corrected chi connectivity index (χ2v) is 1.04. The van der Waals surface area contributed by atoms with Crippen molar-refractivity contribution in [3.8, 4) is 0 Å². The monoisotopic (exact) mass is 116 g/mol. The second kappa shape index (κ2) is 16.6. The van der Waals surface area contributed by atoms with Crippen molar-refractivity contribution >= 4 is 12.4 Å². The van der Waals surface area contributed by atoms with Crippen molar-refractivity contribution in [3.63, 3.8) is 0 Å². The van der Waals surface area contributed by atoms with Gasteiger partial charge < -0.3 is 4.79 Å². The number of hydrogen-bond acceptors (Lipinski definition) is 3. The van der Waals surface area contributed by atoms with Crippen LogP contribution in [0, 0.1) is 0 Å². The number of carbonyl (C=O) groups is 1. The van der Waals surface area contributed by atoms with E-state index in [1.54, 1.807) is 0 Å². The fraction of sp³-hybridized carbons (Fsp3) is 0.600. The molecular weight excluding hydrogens is 108 g/mol. The van der Waals surface area contributed by atoms with Crippen LogP contribution in [0.25, 0.3) is 0 Å². The summed E-state index contributed by atoms with van der Waals surface area (Å²) < 4.78 is 0. The Morgan fingerprint density at radius 2 is 1.88 bits per heavy atom. The first-order chi connectivity index (χ1) is 3.83. The van der Waals surface area contributed by atoms with Crippen molar-refractivity contribution in [3.05, 3.63) is 0 Å². The first-order valence-corrected chi connectivity index (χ1v) is 2.26. The molecule has 8 heavy (non-hydrogen) atoms. The van der Waals surface area contributed by atoms with Gasteiger partial charge in [-0.3, -0.25) is 0 Å². The standard InChI is InChI=1S/C4H8O.CO2/c1-2-3-4-5;2-1-3/h4H,2-3H2,1H3;. The molecule has 0 aliphatic rings. The maximum absolute atomic E-state index is 9.40. The molecule has 0 saturated heterocycles. The Morgan fingerprint density at radius 3 is 1.88 bits per heavy atom. The summed E-state index contributed by atoms with van der Waals surface area (Å²) >= 11 is 0. The number of unbranched alkanes of at least 4 members (excludes halogenated alkanes) is 1. The zero-order valence-corrected chi connectivity index (χ0v) is 4.72. The molecule has 0 atom stereocenters. The summed E-state index contributed by atoms with van der Waals surface area (Å²) in [6.45, 7) is 1.98. The Morgan fingerprint density at radius 1 is 1.50 bits per heavy atom. The Kier molecular flexibility index (Phi) is 21.0. The van der Waals surface area contributed by atoms with Crippen LogP contribution in [0.5, 0.6) is 0 Å². The predicted octanol–water partition coefficient (Wildman–Crippen LogP) is 0.402. The third-order valence-corrected chi connectivity index (χ3v) is 0.407. The van der Waals surface area contributed by atoms with Crippen molar-refractivity contribution in [2.45, 2.75) is 19.8 Å². The highest BCUT2D eigenvalue weighted by molar-refractivity contribution is 5.48. The quantitative estimate of drug-likeness (QED) is 0.491. The van der Waals surface area contributed by atoms with E-state index < -0.39 is 0 Å². The molecule has 0 aromatic carbocycles. The van der Waals surface area contributed by atoms with Gasteiger partial charge in [0, 0.05) is 6.42 Å². The number of aldehydes is 1. The minimum atomic E-state index is 0.250. The van der Waals surface area contributed by atoms with E-state index in [4.69, 9.17) is 9.59 Å². The minimum absolute atomic E-state index is 0.250. The Hall–Kier alpha value is -0.950. The molecule has 0 spiro atoms. The first-order valence-electron chi connectivity index (χ1n) is 2.26. The Bertz CT molecular complexity index is 71.7. The topological polar surface area (TPSA) is 51.2 Å². The van der Waals surface area contributed by atoms with E-state index in [1.807, 2.05) is 6.92 Å². The molecule has 0 amide bonds. The largest absolute Gasteiger partial charge is 0.373 e. The van der Waals surface area contributed by atoms with Crippen LogP contribution in [0.1, 0.15) is 19.8 Å². The van der Waals surface area contributed by atoms with Crippen LogP contribution in [0.3, 0.4) is 0 Å². The Balaban J connectivity index is 0. The lowest BCUT2D eigenvalue weighted by Gasteiger charge is -1.68. The van der Waals surface area contributed by atoms with Crippen molar-refractivity contribution in [1.82, 2.24) is 0 Å². The van der Waals surface area contributed by atoms with Crippen LogP contribution in [-0.2, 0) is 14.4 Å². The van der Waals surface area contributed by atoms with Gasteiger partial charge in [-0.05, 0) is 6.42 Å². The third kappa shape index (κ3) is 75.1. The van der Waals surface area contributed by atoms with Crippen molar-refractivity contribution in [1.29, 1.82) is 0 Å². The number of rotatable bonds is 2. The zero-order chi connectivity index (χ0) is 6.83. The lowest BCUT2D eigenvalue weighted by atomic mass is 10.4. The van der Waals surface area contributed by atoms with E-state index in [0.29, 0.717) is 6.42 Å². The van der Waals surface area contributed by atoms with Gasteiger partial charge in [0.05, 0.1) is 0 Å². The minimum Gasteiger partial charge on any atom is -0.303 e. The highest BCUT2D eigenvalue weighted by atomic mass is 16.2. The SMILES string of the molecule is CCCC=O.O=C=O. The van der Waals surface area contributed by atoms with Gasteiger partial charge in [-0.2, -0.15) is 9.59 Å². The van der Waals surface area contributed by atoms with Crippen molar-refractivity contribution in [2.24, 2.45) is 0 Å². The third-order valence-electron chi connectivity index (χ3n) is 0.407. The zero-order valence-electron chi connectivity index (χ0n) is 4.72. The van der Waals surface area contributed by atoms with Crippen molar-refractivity contribution in [2.75, 3.05) is 0 Å². The summed E-state index contributed by atoms with van der Waals surface area (Å²) in [4.78, 5) is 25.7. The Labute approximate surface area is 47.7 Å². The van der Waals surface area contributed by atoms with E-state index in [2.05, 4.69) is 0 Å². The molecule has 0 heterocycles. The molecule has 3 nitrogen and oxygen atoms in total. The van der Waals surface area contributed by atoms with Crippen LogP contribution in [0.15, 0.2) is 0 Å². The molecule has 0 bridgehead atoms. The molecule has 0 unspecified atom stereocenters. The lowest BCUT2D eigenvalue weighted by Crippen LogP contribution is -1.64. The molecule has 0 aliphatic carbocycles. The molecule has 0 N–H and O–H groups in total. The van der Waals surface area contributed by atoms with Gasteiger partial charge in [0.15, 0.2) is 0 Å². The summed E-state index contributed by atoms with van der Waals surface area (Å²) in [7, 11) is 0. The van der Waals surface area contributed by atoms with Crippen LogP contribution in [0.4, 0.5) is 0 Å². The molecule has 0 aromatic rings. The average molecular weight is 116 g/mol. The molecule has 0 radical (unpaired) electrons.